The van der Waals surface area contributed by atoms with Gasteiger partial charge in [0, 0.05) is 0 Å². The van der Waals surface area contributed by atoms with Crippen molar-refractivity contribution in [3.05, 3.63) is 11.7 Å². The van der Waals surface area contributed by atoms with Gasteiger partial charge in [-0.15, -0.1) is 5.70 Å². The minimum atomic E-state index is -2.28. The molecule has 0 aliphatic rings. The Hall–Kier alpha value is -0.118. The molecule has 0 unspecified atom stereocenters. The van der Waals surface area contributed by atoms with E-state index in [0.717, 1.165) is 5.98 Å². The second-order valence-corrected chi connectivity index (χ2v) is 8.12. The Labute approximate surface area is 56.1 Å². The lowest BCUT2D eigenvalue weighted by atomic mass is 10.0. The first-order chi connectivity index (χ1) is 3.92. The number of hydrogen-bond acceptors (Lipinski definition) is 0. The molecular formula is C5H11BF2Si. The van der Waals surface area contributed by atoms with Gasteiger partial charge in [-0.2, -0.15) is 0 Å². The molecule has 0 bridgehead atoms. The molecule has 0 atom stereocenters. The zero-order chi connectivity index (χ0) is 7.49. The standard InChI is InChI=1S/C5H11BF2Si/c1-9(2,3)5-4-6(7)8/h4-5H,1-3H3/b5-4+. The zero-order valence-corrected chi connectivity index (χ0v) is 6.99. The molecule has 0 aromatic rings. The van der Waals surface area contributed by atoms with Gasteiger partial charge < -0.3 is 0 Å². The van der Waals surface area contributed by atoms with Crippen molar-refractivity contribution in [1.82, 2.24) is 0 Å². The molecule has 0 aromatic heterocycles. The van der Waals surface area contributed by atoms with Crippen LogP contribution in [-0.2, 0) is 0 Å². The normalized spacial score (nSPS) is 12.6. The summed E-state index contributed by atoms with van der Waals surface area (Å²) in [5.41, 5.74) is 1.65. The van der Waals surface area contributed by atoms with Gasteiger partial charge in [-0.3, -0.25) is 8.63 Å². The van der Waals surface area contributed by atoms with Crippen LogP contribution in [-0.4, -0.2) is 15.3 Å². The molecule has 0 heterocycles. The van der Waals surface area contributed by atoms with Gasteiger partial charge in [0.05, 0.1) is 8.07 Å². The van der Waals surface area contributed by atoms with Gasteiger partial charge in [-0.25, -0.2) is 0 Å². The van der Waals surface area contributed by atoms with Crippen LogP contribution in [0, 0.1) is 0 Å². The summed E-state index contributed by atoms with van der Waals surface area (Å²) in [5, 5.41) is 0. The topological polar surface area (TPSA) is 0 Å². The zero-order valence-electron chi connectivity index (χ0n) is 5.99. The largest absolute Gasteiger partial charge is 0.564 e. The van der Waals surface area contributed by atoms with Gasteiger partial charge in [0.2, 0.25) is 0 Å². The van der Waals surface area contributed by atoms with Gasteiger partial charge >= 0.3 is 7.27 Å². The molecule has 0 aromatic carbocycles. The van der Waals surface area contributed by atoms with E-state index in [2.05, 4.69) is 0 Å². The summed E-state index contributed by atoms with van der Waals surface area (Å²) < 4.78 is 23.0. The Morgan fingerprint density at radius 1 is 1.22 bits per heavy atom. The van der Waals surface area contributed by atoms with Crippen LogP contribution < -0.4 is 0 Å². The average molecular weight is 148 g/mol. The summed E-state index contributed by atoms with van der Waals surface area (Å²) in [6.07, 6.45) is 0. The maximum atomic E-state index is 11.5. The van der Waals surface area contributed by atoms with Crippen LogP contribution in [0.5, 0.6) is 0 Å². The smallest absolute Gasteiger partial charge is 0.282 e. The van der Waals surface area contributed by atoms with E-state index in [1.807, 2.05) is 19.6 Å². The lowest BCUT2D eigenvalue weighted by Gasteiger charge is -2.06. The summed E-state index contributed by atoms with van der Waals surface area (Å²) in [4.78, 5) is 0. The minimum Gasteiger partial charge on any atom is -0.282 e. The summed E-state index contributed by atoms with van der Waals surface area (Å²) in [6, 6.07) is 0. The van der Waals surface area contributed by atoms with Crippen LogP contribution in [0.1, 0.15) is 0 Å². The van der Waals surface area contributed by atoms with E-state index in [1.54, 1.807) is 5.70 Å². The van der Waals surface area contributed by atoms with Crippen LogP contribution >= 0.6 is 0 Å². The third-order valence-corrected chi connectivity index (χ3v) is 1.93. The van der Waals surface area contributed by atoms with E-state index in [0.29, 0.717) is 0 Å². The second-order valence-electron chi connectivity index (χ2n) is 3.06. The van der Waals surface area contributed by atoms with E-state index < -0.39 is 15.3 Å². The highest BCUT2D eigenvalue weighted by Crippen LogP contribution is 2.02. The second kappa shape index (κ2) is 3.15. The molecule has 0 N–H and O–H groups in total. The van der Waals surface area contributed by atoms with Gasteiger partial charge in [0.15, 0.2) is 0 Å². The first kappa shape index (κ1) is 8.88. The fourth-order valence-electron chi connectivity index (χ4n) is 0.361. The van der Waals surface area contributed by atoms with Crippen molar-refractivity contribution >= 4 is 15.3 Å². The molecule has 0 spiro atoms. The van der Waals surface area contributed by atoms with Crippen molar-refractivity contribution in [3.8, 4) is 0 Å². The fraction of sp³-hybridized carbons (Fsp3) is 0.600. The van der Waals surface area contributed by atoms with Gasteiger partial charge in [-0.05, 0) is 0 Å². The van der Waals surface area contributed by atoms with Gasteiger partial charge in [0.25, 0.3) is 0 Å². The van der Waals surface area contributed by atoms with Crippen molar-refractivity contribution in [2.75, 3.05) is 0 Å². The Bertz CT molecular complexity index is 106. The molecule has 0 aliphatic heterocycles. The average Bonchev–Trinajstić information content (AvgIpc) is 1.59. The summed E-state index contributed by atoms with van der Waals surface area (Å²) in [5.74, 6) is 0.978. The fourth-order valence-corrected chi connectivity index (χ4v) is 1.08. The summed E-state index contributed by atoms with van der Waals surface area (Å²) in [7, 11) is -3.66. The van der Waals surface area contributed by atoms with E-state index in [9.17, 15) is 8.63 Å². The van der Waals surface area contributed by atoms with Crippen molar-refractivity contribution in [3.63, 3.8) is 0 Å². The SMILES string of the molecule is C[Si](C)(C)/C=C/B(F)F. The van der Waals surface area contributed by atoms with Crippen molar-refractivity contribution in [2.45, 2.75) is 19.6 Å². The molecular weight excluding hydrogens is 137 g/mol. The molecule has 0 aliphatic carbocycles. The van der Waals surface area contributed by atoms with Crippen LogP contribution in [0.2, 0.25) is 19.6 Å². The van der Waals surface area contributed by atoms with E-state index >= 15 is 0 Å². The minimum absolute atomic E-state index is 0.978. The Balaban J connectivity index is 3.71. The maximum Gasteiger partial charge on any atom is 0.564 e. The first-order valence-electron chi connectivity index (χ1n) is 2.89. The van der Waals surface area contributed by atoms with E-state index in [-0.39, 0.29) is 0 Å². The molecule has 52 valence electrons. The number of halogens is 2. The summed E-state index contributed by atoms with van der Waals surface area (Å²) >= 11 is 0. The summed E-state index contributed by atoms with van der Waals surface area (Å²) in [6.45, 7) is 6.06. The molecule has 4 heteroatoms. The third-order valence-electron chi connectivity index (χ3n) is 0.742. The lowest BCUT2D eigenvalue weighted by molar-refractivity contribution is 0.683. The Morgan fingerprint density at radius 2 is 1.67 bits per heavy atom. The third kappa shape index (κ3) is 7.88. The Morgan fingerprint density at radius 3 is 1.78 bits per heavy atom. The van der Waals surface area contributed by atoms with Gasteiger partial charge in [-0.1, -0.05) is 25.6 Å². The van der Waals surface area contributed by atoms with Gasteiger partial charge in [0.1, 0.15) is 0 Å². The molecule has 9 heavy (non-hydrogen) atoms. The molecule has 0 amide bonds. The van der Waals surface area contributed by atoms with Crippen LogP contribution in [0.3, 0.4) is 0 Å². The highest BCUT2D eigenvalue weighted by atomic mass is 28.3. The van der Waals surface area contributed by atoms with Crippen LogP contribution in [0.15, 0.2) is 11.7 Å². The molecule has 0 rings (SSSR count). The molecule has 0 saturated heterocycles. The number of hydrogen-bond donors (Lipinski definition) is 0. The van der Waals surface area contributed by atoms with Crippen molar-refractivity contribution in [2.24, 2.45) is 0 Å². The Kier molecular flexibility index (Phi) is 3.11. The molecule has 0 nitrogen and oxygen atoms in total. The van der Waals surface area contributed by atoms with E-state index in [4.69, 9.17) is 0 Å². The predicted octanol–water partition coefficient (Wildman–Crippen LogP) is 2.39. The highest BCUT2D eigenvalue weighted by molar-refractivity contribution is 6.81. The molecule has 0 saturated carbocycles. The quantitative estimate of drug-likeness (QED) is 0.527. The van der Waals surface area contributed by atoms with Crippen LogP contribution in [0.4, 0.5) is 8.63 Å². The first-order valence-corrected chi connectivity index (χ1v) is 6.47. The van der Waals surface area contributed by atoms with Crippen molar-refractivity contribution in [1.29, 1.82) is 0 Å². The van der Waals surface area contributed by atoms with Crippen LogP contribution in [0.25, 0.3) is 0 Å². The van der Waals surface area contributed by atoms with E-state index in [1.165, 1.54) is 0 Å². The number of rotatable bonds is 2. The molecule has 0 fully saturated rings. The highest BCUT2D eigenvalue weighted by Gasteiger charge is 2.11. The monoisotopic (exact) mass is 148 g/mol. The maximum absolute atomic E-state index is 11.5. The van der Waals surface area contributed by atoms with Crippen molar-refractivity contribution < 1.29 is 8.63 Å². The lowest BCUT2D eigenvalue weighted by Crippen LogP contribution is -2.16. The predicted molar refractivity (Wildman–Crippen MR) is 40.5 cm³/mol. The molecule has 0 radical (unpaired) electrons.